The van der Waals surface area contributed by atoms with Crippen molar-refractivity contribution in [1.29, 1.82) is 5.26 Å². The summed E-state index contributed by atoms with van der Waals surface area (Å²) < 4.78 is 31.7. The SMILES string of the molecule is N#Cc1ccc(CNc2c(F)cc(F)cc2Br)o1. The topological polar surface area (TPSA) is 49.0 Å². The zero-order valence-electron chi connectivity index (χ0n) is 9.01. The fourth-order valence-electron chi connectivity index (χ4n) is 1.42. The molecule has 0 aliphatic carbocycles. The number of nitrogens with zero attached hydrogens (tertiary/aromatic N) is 1. The number of nitrogens with one attached hydrogen (secondary N) is 1. The van der Waals surface area contributed by atoms with E-state index in [4.69, 9.17) is 9.68 Å². The Bertz CT molecular complexity index is 596. The molecule has 3 nitrogen and oxygen atoms in total. The number of halogens is 3. The number of hydrogen-bond donors (Lipinski definition) is 1. The van der Waals surface area contributed by atoms with Gasteiger partial charge in [-0.1, -0.05) is 0 Å². The molecule has 0 amide bonds. The quantitative estimate of drug-likeness (QED) is 0.937. The fraction of sp³-hybridized carbons (Fsp3) is 0.0833. The van der Waals surface area contributed by atoms with Gasteiger partial charge in [-0.25, -0.2) is 8.78 Å². The van der Waals surface area contributed by atoms with Crippen molar-refractivity contribution in [2.45, 2.75) is 6.54 Å². The first-order valence-electron chi connectivity index (χ1n) is 4.97. The van der Waals surface area contributed by atoms with Crippen LogP contribution in [0.15, 0.2) is 33.2 Å². The van der Waals surface area contributed by atoms with Crippen molar-refractivity contribution in [3.8, 4) is 6.07 Å². The van der Waals surface area contributed by atoms with E-state index in [2.05, 4.69) is 21.2 Å². The van der Waals surface area contributed by atoms with Gasteiger partial charge in [0.25, 0.3) is 0 Å². The van der Waals surface area contributed by atoms with E-state index in [-0.39, 0.29) is 22.5 Å². The first-order chi connectivity index (χ1) is 8.60. The van der Waals surface area contributed by atoms with Crippen LogP contribution in [0.1, 0.15) is 11.5 Å². The van der Waals surface area contributed by atoms with E-state index in [0.29, 0.717) is 5.76 Å². The molecule has 1 heterocycles. The number of furan rings is 1. The van der Waals surface area contributed by atoms with Gasteiger partial charge < -0.3 is 9.73 Å². The second-order valence-corrected chi connectivity index (χ2v) is 4.33. The van der Waals surface area contributed by atoms with Gasteiger partial charge in [-0.15, -0.1) is 0 Å². The zero-order valence-corrected chi connectivity index (χ0v) is 10.6. The van der Waals surface area contributed by atoms with Crippen molar-refractivity contribution >= 4 is 21.6 Å². The summed E-state index contributed by atoms with van der Waals surface area (Å²) in [5.41, 5.74) is 0.145. The first kappa shape index (κ1) is 12.6. The summed E-state index contributed by atoms with van der Waals surface area (Å²) in [4.78, 5) is 0. The van der Waals surface area contributed by atoms with E-state index in [0.717, 1.165) is 12.1 Å². The second kappa shape index (κ2) is 5.19. The summed E-state index contributed by atoms with van der Waals surface area (Å²) in [7, 11) is 0. The number of rotatable bonds is 3. The molecule has 0 saturated carbocycles. The Hall–Kier alpha value is -1.87. The van der Waals surface area contributed by atoms with Gasteiger partial charge in [0.15, 0.2) is 0 Å². The van der Waals surface area contributed by atoms with Crippen LogP contribution in [0.3, 0.4) is 0 Å². The Kier molecular flexibility index (Phi) is 3.63. The van der Waals surface area contributed by atoms with Crippen molar-refractivity contribution in [2.24, 2.45) is 0 Å². The van der Waals surface area contributed by atoms with Gasteiger partial charge in [0.05, 0.1) is 12.2 Å². The molecule has 0 unspecified atom stereocenters. The number of anilines is 1. The van der Waals surface area contributed by atoms with Gasteiger partial charge in [-0.05, 0) is 34.1 Å². The highest BCUT2D eigenvalue weighted by atomic mass is 79.9. The Morgan fingerprint density at radius 3 is 2.72 bits per heavy atom. The standard InChI is InChI=1S/C12H7BrF2N2O/c13-10-3-7(14)4-11(15)12(10)17-6-9-2-1-8(5-16)18-9/h1-4,17H,6H2. The van der Waals surface area contributed by atoms with Crippen LogP contribution in [-0.4, -0.2) is 0 Å². The van der Waals surface area contributed by atoms with E-state index in [9.17, 15) is 8.78 Å². The van der Waals surface area contributed by atoms with Gasteiger partial charge in [0, 0.05) is 10.5 Å². The molecule has 0 saturated heterocycles. The smallest absolute Gasteiger partial charge is 0.203 e. The molecule has 18 heavy (non-hydrogen) atoms. The molecule has 0 radical (unpaired) electrons. The molecule has 0 bridgehead atoms. The molecule has 0 fully saturated rings. The maximum absolute atomic E-state index is 13.5. The second-order valence-electron chi connectivity index (χ2n) is 3.48. The lowest BCUT2D eigenvalue weighted by atomic mass is 10.3. The van der Waals surface area contributed by atoms with Gasteiger partial charge in [0.1, 0.15) is 23.5 Å². The van der Waals surface area contributed by atoms with Gasteiger partial charge in [-0.2, -0.15) is 5.26 Å². The maximum atomic E-state index is 13.5. The van der Waals surface area contributed by atoms with Gasteiger partial charge in [0.2, 0.25) is 5.76 Å². The molecule has 0 aliphatic heterocycles. The zero-order chi connectivity index (χ0) is 13.1. The van der Waals surface area contributed by atoms with Crippen LogP contribution in [0, 0.1) is 23.0 Å². The third-order valence-corrected chi connectivity index (χ3v) is 2.84. The third-order valence-electron chi connectivity index (χ3n) is 2.22. The fourth-order valence-corrected chi connectivity index (χ4v) is 1.97. The predicted octanol–water partition coefficient (Wildman–Crippen LogP) is 3.80. The van der Waals surface area contributed by atoms with Crippen LogP contribution >= 0.6 is 15.9 Å². The predicted molar refractivity (Wildman–Crippen MR) is 64.8 cm³/mol. The molecule has 2 rings (SSSR count). The summed E-state index contributed by atoms with van der Waals surface area (Å²) >= 11 is 3.06. The van der Waals surface area contributed by atoms with Crippen molar-refractivity contribution < 1.29 is 13.2 Å². The summed E-state index contributed by atoms with van der Waals surface area (Å²) in [6.07, 6.45) is 0. The number of hydrogen-bond acceptors (Lipinski definition) is 3. The largest absolute Gasteiger partial charge is 0.449 e. The number of benzene rings is 1. The first-order valence-corrected chi connectivity index (χ1v) is 5.76. The third kappa shape index (κ3) is 2.68. The van der Waals surface area contributed by atoms with Crippen LogP contribution in [0.2, 0.25) is 0 Å². The summed E-state index contributed by atoms with van der Waals surface area (Å²) in [5, 5.41) is 11.4. The van der Waals surface area contributed by atoms with E-state index in [1.807, 2.05) is 6.07 Å². The van der Waals surface area contributed by atoms with Crippen molar-refractivity contribution in [2.75, 3.05) is 5.32 Å². The molecule has 6 heteroatoms. The maximum Gasteiger partial charge on any atom is 0.203 e. The lowest BCUT2D eigenvalue weighted by Crippen LogP contribution is -2.02. The molecule has 1 N–H and O–H groups in total. The van der Waals surface area contributed by atoms with Gasteiger partial charge in [-0.3, -0.25) is 0 Å². The molecule has 2 aromatic rings. The summed E-state index contributed by atoms with van der Waals surface area (Å²) in [5.74, 6) is -0.684. The molecule has 0 spiro atoms. The van der Waals surface area contributed by atoms with E-state index in [1.165, 1.54) is 6.07 Å². The Morgan fingerprint density at radius 1 is 1.33 bits per heavy atom. The van der Waals surface area contributed by atoms with E-state index in [1.54, 1.807) is 6.07 Å². The van der Waals surface area contributed by atoms with Crippen LogP contribution < -0.4 is 5.32 Å². The van der Waals surface area contributed by atoms with E-state index >= 15 is 0 Å². The van der Waals surface area contributed by atoms with Crippen LogP contribution in [-0.2, 0) is 6.54 Å². The molecule has 0 aliphatic rings. The lowest BCUT2D eigenvalue weighted by Gasteiger charge is -2.08. The van der Waals surface area contributed by atoms with E-state index < -0.39 is 11.6 Å². The van der Waals surface area contributed by atoms with Crippen LogP contribution in [0.4, 0.5) is 14.5 Å². The minimum Gasteiger partial charge on any atom is -0.449 e. The average molecular weight is 313 g/mol. The number of nitriles is 1. The highest BCUT2D eigenvalue weighted by Gasteiger charge is 2.10. The Labute approximate surface area is 110 Å². The molecule has 0 atom stereocenters. The summed E-state index contributed by atoms with van der Waals surface area (Å²) in [6, 6.07) is 6.93. The summed E-state index contributed by atoms with van der Waals surface area (Å²) in [6.45, 7) is 0.197. The van der Waals surface area contributed by atoms with Crippen molar-refractivity contribution in [3.63, 3.8) is 0 Å². The minimum atomic E-state index is -0.700. The lowest BCUT2D eigenvalue weighted by molar-refractivity contribution is 0.505. The highest BCUT2D eigenvalue weighted by molar-refractivity contribution is 9.10. The van der Waals surface area contributed by atoms with Crippen LogP contribution in [0.25, 0.3) is 0 Å². The Morgan fingerprint density at radius 2 is 2.11 bits per heavy atom. The molecular formula is C12H7BrF2N2O. The van der Waals surface area contributed by atoms with Crippen molar-refractivity contribution in [3.05, 3.63) is 51.9 Å². The van der Waals surface area contributed by atoms with Crippen LogP contribution in [0.5, 0.6) is 0 Å². The Balaban J connectivity index is 2.13. The minimum absolute atomic E-state index is 0.145. The monoisotopic (exact) mass is 312 g/mol. The molecule has 92 valence electrons. The van der Waals surface area contributed by atoms with Crippen molar-refractivity contribution in [1.82, 2.24) is 0 Å². The average Bonchev–Trinajstić information content (AvgIpc) is 2.75. The van der Waals surface area contributed by atoms with Gasteiger partial charge >= 0.3 is 0 Å². The normalized spacial score (nSPS) is 10.1. The molecule has 1 aromatic carbocycles. The molecule has 1 aromatic heterocycles. The molecular weight excluding hydrogens is 306 g/mol. The highest BCUT2D eigenvalue weighted by Crippen LogP contribution is 2.27.